The summed E-state index contributed by atoms with van der Waals surface area (Å²) >= 11 is 17.5. The molecule has 0 aromatic heterocycles. The van der Waals surface area contributed by atoms with Gasteiger partial charge in [0.1, 0.15) is 4.90 Å². The van der Waals surface area contributed by atoms with Gasteiger partial charge in [-0.2, -0.15) is 4.31 Å². The molecule has 2 aromatic carbocycles. The van der Waals surface area contributed by atoms with Crippen molar-refractivity contribution in [3.05, 3.63) is 57.3 Å². The Morgan fingerprint density at radius 1 is 1.08 bits per heavy atom. The van der Waals surface area contributed by atoms with Gasteiger partial charge in [0.2, 0.25) is 15.9 Å². The van der Waals surface area contributed by atoms with Crippen molar-refractivity contribution in [3.8, 4) is 0 Å². The number of anilines is 1. The molecule has 10 heteroatoms. The molecule has 0 fully saturated rings. The van der Waals surface area contributed by atoms with E-state index in [9.17, 15) is 17.6 Å². The minimum Gasteiger partial charge on any atom is -0.322 e. The number of hydrogen-bond donors (Lipinski definition) is 1. The van der Waals surface area contributed by atoms with E-state index in [1.54, 1.807) is 6.07 Å². The zero-order chi connectivity index (χ0) is 18.8. The van der Waals surface area contributed by atoms with Crippen LogP contribution >= 0.6 is 34.8 Å². The number of rotatable bonds is 5. The number of nitrogens with one attached hydrogen (secondary N) is 1. The maximum atomic E-state index is 14.0. The van der Waals surface area contributed by atoms with Crippen LogP contribution in [0.25, 0.3) is 0 Å². The Bertz CT molecular complexity index is 902. The van der Waals surface area contributed by atoms with Crippen LogP contribution in [0.2, 0.25) is 15.1 Å². The van der Waals surface area contributed by atoms with Crippen molar-refractivity contribution >= 4 is 56.4 Å². The van der Waals surface area contributed by atoms with Crippen molar-refractivity contribution in [3.63, 3.8) is 0 Å². The van der Waals surface area contributed by atoms with Gasteiger partial charge in [0.25, 0.3) is 0 Å². The highest BCUT2D eigenvalue weighted by Crippen LogP contribution is 2.30. The first kappa shape index (κ1) is 19.9. The molecule has 0 spiro atoms. The first-order valence-corrected chi connectivity index (χ1v) is 9.36. The summed E-state index contributed by atoms with van der Waals surface area (Å²) in [6.45, 7) is -0.574. The number of benzene rings is 2. The van der Waals surface area contributed by atoms with Crippen LogP contribution < -0.4 is 5.32 Å². The van der Waals surface area contributed by atoms with E-state index in [-0.39, 0.29) is 20.8 Å². The van der Waals surface area contributed by atoms with Crippen LogP contribution in [0.4, 0.5) is 10.1 Å². The molecule has 0 aliphatic rings. The van der Waals surface area contributed by atoms with Crippen LogP contribution in [0.3, 0.4) is 0 Å². The molecule has 0 atom stereocenters. The third-order valence-corrected chi connectivity index (χ3v) is 5.94. The molecule has 0 unspecified atom stereocenters. The molecule has 2 aromatic rings. The minimum atomic E-state index is -4.25. The lowest BCUT2D eigenvalue weighted by atomic mass is 10.3. The summed E-state index contributed by atoms with van der Waals surface area (Å²) in [6, 6.07) is 8.22. The second-order valence-corrected chi connectivity index (χ2v) is 8.19. The molecule has 1 N–H and O–H groups in total. The van der Waals surface area contributed by atoms with Crippen LogP contribution in [0, 0.1) is 5.82 Å². The fourth-order valence-electron chi connectivity index (χ4n) is 1.93. The molecule has 0 radical (unpaired) electrons. The van der Waals surface area contributed by atoms with Crippen molar-refractivity contribution in [2.45, 2.75) is 4.90 Å². The Balaban J connectivity index is 2.19. The first-order valence-electron chi connectivity index (χ1n) is 6.79. The molecule has 0 aliphatic heterocycles. The molecule has 0 aliphatic carbocycles. The highest BCUT2D eigenvalue weighted by molar-refractivity contribution is 7.89. The topological polar surface area (TPSA) is 66.5 Å². The van der Waals surface area contributed by atoms with E-state index in [4.69, 9.17) is 34.8 Å². The molecule has 134 valence electrons. The van der Waals surface area contributed by atoms with Gasteiger partial charge < -0.3 is 5.32 Å². The van der Waals surface area contributed by atoms with Gasteiger partial charge in [-0.25, -0.2) is 12.8 Å². The van der Waals surface area contributed by atoms with E-state index < -0.39 is 33.2 Å². The Hall–Kier alpha value is -1.38. The van der Waals surface area contributed by atoms with Gasteiger partial charge in [0.15, 0.2) is 5.82 Å². The Kier molecular flexibility index (Phi) is 6.29. The van der Waals surface area contributed by atoms with Crippen LogP contribution in [0.15, 0.2) is 41.3 Å². The molecule has 0 bridgehead atoms. The molecular formula is C15H12Cl3FN2O3S. The van der Waals surface area contributed by atoms with Gasteiger partial charge >= 0.3 is 0 Å². The number of para-hydroxylation sites is 1. The lowest BCUT2D eigenvalue weighted by molar-refractivity contribution is -0.116. The number of carbonyl (C=O) groups excluding carboxylic acids is 1. The monoisotopic (exact) mass is 424 g/mol. The second-order valence-electron chi connectivity index (χ2n) is 4.96. The van der Waals surface area contributed by atoms with E-state index in [2.05, 4.69) is 5.32 Å². The summed E-state index contributed by atoms with van der Waals surface area (Å²) in [6.07, 6.45) is 0. The number of carbonyl (C=O) groups is 1. The predicted octanol–water partition coefficient (Wildman–Crippen LogP) is 4.05. The summed E-state index contributed by atoms with van der Waals surface area (Å²) < 4.78 is 39.5. The Morgan fingerprint density at radius 2 is 1.60 bits per heavy atom. The molecular weight excluding hydrogens is 414 g/mol. The quantitative estimate of drug-likeness (QED) is 0.786. The summed E-state index contributed by atoms with van der Waals surface area (Å²) in [7, 11) is -3.11. The second kappa shape index (κ2) is 7.88. The largest absolute Gasteiger partial charge is 0.322 e. The normalized spacial score (nSPS) is 11.6. The number of nitrogens with zero attached hydrogens (tertiary/aromatic N) is 1. The smallest absolute Gasteiger partial charge is 0.246 e. The van der Waals surface area contributed by atoms with Crippen LogP contribution in [-0.2, 0) is 14.8 Å². The molecule has 2 rings (SSSR count). The summed E-state index contributed by atoms with van der Waals surface area (Å²) in [5.41, 5.74) is 0.163. The zero-order valence-corrected chi connectivity index (χ0v) is 15.8. The van der Waals surface area contributed by atoms with Crippen molar-refractivity contribution in [1.82, 2.24) is 4.31 Å². The number of halogens is 4. The van der Waals surface area contributed by atoms with Crippen molar-refractivity contribution in [2.75, 3.05) is 18.9 Å². The van der Waals surface area contributed by atoms with E-state index in [1.165, 1.54) is 24.3 Å². The Labute approximate surface area is 159 Å². The maximum absolute atomic E-state index is 14.0. The molecule has 0 saturated carbocycles. The van der Waals surface area contributed by atoms with E-state index in [0.717, 1.165) is 13.1 Å². The van der Waals surface area contributed by atoms with Crippen molar-refractivity contribution < 1.29 is 17.6 Å². The van der Waals surface area contributed by atoms with E-state index >= 15 is 0 Å². The fraction of sp³-hybridized carbons (Fsp3) is 0.133. The van der Waals surface area contributed by atoms with Crippen molar-refractivity contribution in [2.24, 2.45) is 0 Å². The highest BCUT2D eigenvalue weighted by Gasteiger charge is 2.27. The van der Waals surface area contributed by atoms with Crippen LogP contribution in [0.5, 0.6) is 0 Å². The SMILES string of the molecule is CN(CC(=O)Nc1c(Cl)cccc1Cl)S(=O)(=O)c1cccc(Cl)c1F. The van der Waals surface area contributed by atoms with Gasteiger partial charge in [0, 0.05) is 7.05 Å². The third-order valence-electron chi connectivity index (χ3n) is 3.20. The van der Waals surface area contributed by atoms with Crippen LogP contribution in [-0.4, -0.2) is 32.2 Å². The van der Waals surface area contributed by atoms with E-state index in [1.807, 2.05) is 0 Å². The average Bonchev–Trinajstić information content (AvgIpc) is 2.53. The van der Waals surface area contributed by atoms with Gasteiger partial charge in [-0.1, -0.05) is 46.9 Å². The fourth-order valence-corrected chi connectivity index (χ4v) is 3.87. The number of likely N-dealkylation sites (N-methyl/N-ethyl adjacent to an activating group) is 1. The van der Waals surface area contributed by atoms with Crippen molar-refractivity contribution in [1.29, 1.82) is 0 Å². The first-order chi connectivity index (χ1) is 11.6. The summed E-state index contributed by atoms with van der Waals surface area (Å²) in [4.78, 5) is 11.5. The molecule has 5 nitrogen and oxygen atoms in total. The molecule has 0 heterocycles. The van der Waals surface area contributed by atoms with Gasteiger partial charge in [-0.15, -0.1) is 0 Å². The molecule has 1 amide bonds. The number of sulfonamides is 1. The zero-order valence-electron chi connectivity index (χ0n) is 12.8. The standard InChI is InChI=1S/C15H12Cl3FN2O3S/c1-21(25(23,24)12-7-3-4-9(16)14(12)19)8-13(22)20-15-10(17)5-2-6-11(15)18/h2-7H,8H2,1H3,(H,20,22). The number of amides is 1. The molecule has 25 heavy (non-hydrogen) atoms. The minimum absolute atomic E-state index is 0.163. The average molecular weight is 426 g/mol. The predicted molar refractivity (Wildman–Crippen MR) is 96.3 cm³/mol. The maximum Gasteiger partial charge on any atom is 0.246 e. The van der Waals surface area contributed by atoms with Crippen LogP contribution in [0.1, 0.15) is 0 Å². The lowest BCUT2D eigenvalue weighted by Gasteiger charge is -2.18. The van der Waals surface area contributed by atoms with Gasteiger partial charge in [0.05, 0.1) is 27.3 Å². The summed E-state index contributed by atoms with van der Waals surface area (Å²) in [5.74, 6) is -1.77. The lowest BCUT2D eigenvalue weighted by Crippen LogP contribution is -2.35. The third kappa shape index (κ3) is 4.43. The molecule has 0 saturated heterocycles. The Morgan fingerprint density at radius 3 is 2.20 bits per heavy atom. The highest BCUT2D eigenvalue weighted by atomic mass is 35.5. The van der Waals surface area contributed by atoms with Gasteiger partial charge in [-0.3, -0.25) is 4.79 Å². The van der Waals surface area contributed by atoms with E-state index in [0.29, 0.717) is 4.31 Å². The number of hydrogen-bond acceptors (Lipinski definition) is 3. The summed E-state index contributed by atoms with van der Waals surface area (Å²) in [5, 5.41) is 2.50. The van der Waals surface area contributed by atoms with Gasteiger partial charge in [-0.05, 0) is 24.3 Å².